The van der Waals surface area contributed by atoms with Gasteiger partial charge in [0.1, 0.15) is 0 Å². The van der Waals surface area contributed by atoms with Crippen LogP contribution in [0, 0.1) is 0 Å². The molecule has 106 valence electrons. The molecular weight excluding hydrogens is 319 g/mol. The number of fused-ring (bicyclic) bond motifs is 1. The van der Waals surface area contributed by atoms with E-state index in [0.717, 1.165) is 4.90 Å². The quantitative estimate of drug-likeness (QED) is 0.752. The van der Waals surface area contributed by atoms with Gasteiger partial charge in [0, 0.05) is 0 Å². The van der Waals surface area contributed by atoms with Gasteiger partial charge in [-0.25, -0.2) is 4.90 Å². The summed E-state index contributed by atoms with van der Waals surface area (Å²) in [7, 11) is 0. The molecule has 0 aliphatic carbocycles. The van der Waals surface area contributed by atoms with Gasteiger partial charge in [0.2, 0.25) is 17.8 Å². The van der Waals surface area contributed by atoms with Crippen molar-refractivity contribution in [1.82, 2.24) is 15.0 Å². The van der Waals surface area contributed by atoms with E-state index >= 15 is 0 Å². The third-order valence-electron chi connectivity index (χ3n) is 2.79. The molecule has 1 aliphatic heterocycles. The van der Waals surface area contributed by atoms with Gasteiger partial charge in [-0.2, -0.15) is 15.0 Å². The molecule has 0 saturated carbocycles. The highest BCUT2D eigenvalue weighted by Gasteiger charge is 2.39. The molecule has 0 unspecified atom stereocenters. The molecule has 0 atom stereocenters. The molecule has 2 aromatic rings. The fraction of sp³-hybridized carbons (Fsp3) is 0. The van der Waals surface area contributed by atoms with Gasteiger partial charge in [-0.1, -0.05) is 23.2 Å². The lowest BCUT2D eigenvalue weighted by Crippen LogP contribution is -2.31. The van der Waals surface area contributed by atoms with Crippen molar-refractivity contribution in [1.29, 1.82) is 0 Å². The maximum atomic E-state index is 12.3. The molecule has 21 heavy (non-hydrogen) atoms. The topological polar surface area (TPSA) is 128 Å². The van der Waals surface area contributed by atoms with E-state index in [9.17, 15) is 9.59 Å². The van der Waals surface area contributed by atoms with Gasteiger partial charge < -0.3 is 11.5 Å². The molecule has 8 nitrogen and oxygen atoms in total. The van der Waals surface area contributed by atoms with Crippen LogP contribution < -0.4 is 16.4 Å². The van der Waals surface area contributed by atoms with Gasteiger partial charge in [-0.15, -0.1) is 0 Å². The minimum Gasteiger partial charge on any atom is -0.368 e. The molecule has 0 bridgehead atoms. The summed E-state index contributed by atoms with van der Waals surface area (Å²) in [6.07, 6.45) is 0. The standard InChI is InChI=1S/C11H6Cl2N6O2/c12-5-1-3-4(2-6(5)13)8(21)19(7(3)20)11-17-9(14)16-10(15)18-11/h1-2H,(H4,14,15,16,17,18). The predicted molar refractivity (Wildman–Crippen MR) is 76.3 cm³/mol. The first-order chi connectivity index (χ1) is 9.88. The van der Waals surface area contributed by atoms with Crippen molar-refractivity contribution in [2.75, 3.05) is 16.4 Å². The van der Waals surface area contributed by atoms with Crippen molar-refractivity contribution < 1.29 is 9.59 Å². The molecule has 0 radical (unpaired) electrons. The number of carbonyl (C=O) groups excluding carboxylic acids is 2. The van der Waals surface area contributed by atoms with E-state index in [1.807, 2.05) is 0 Å². The average Bonchev–Trinajstić information content (AvgIpc) is 2.62. The van der Waals surface area contributed by atoms with Crippen LogP contribution in [-0.2, 0) is 0 Å². The molecule has 1 aliphatic rings. The minimum atomic E-state index is -0.640. The summed E-state index contributed by atoms with van der Waals surface area (Å²) >= 11 is 11.7. The number of nitrogen functional groups attached to an aromatic ring is 2. The van der Waals surface area contributed by atoms with Crippen LogP contribution >= 0.6 is 23.2 Å². The number of aromatic nitrogens is 3. The molecule has 0 saturated heterocycles. The monoisotopic (exact) mass is 324 g/mol. The Morgan fingerprint density at radius 1 is 0.857 bits per heavy atom. The number of hydrogen-bond donors (Lipinski definition) is 2. The number of rotatable bonds is 1. The Balaban J connectivity index is 2.15. The zero-order valence-corrected chi connectivity index (χ0v) is 11.7. The van der Waals surface area contributed by atoms with Gasteiger partial charge in [-0.3, -0.25) is 9.59 Å². The number of nitrogens with two attached hydrogens (primary N) is 2. The van der Waals surface area contributed by atoms with Crippen LogP contribution in [0.1, 0.15) is 20.7 Å². The second-order valence-electron chi connectivity index (χ2n) is 4.11. The van der Waals surface area contributed by atoms with Crippen LogP contribution in [0.5, 0.6) is 0 Å². The van der Waals surface area contributed by atoms with Crippen LogP contribution in [0.4, 0.5) is 17.8 Å². The van der Waals surface area contributed by atoms with Gasteiger partial charge in [0.05, 0.1) is 21.2 Å². The van der Waals surface area contributed by atoms with Gasteiger partial charge >= 0.3 is 0 Å². The first-order valence-electron chi connectivity index (χ1n) is 5.53. The van der Waals surface area contributed by atoms with Gasteiger partial charge in [0.25, 0.3) is 11.8 Å². The van der Waals surface area contributed by atoms with Crippen molar-refractivity contribution in [2.24, 2.45) is 0 Å². The van der Waals surface area contributed by atoms with E-state index in [4.69, 9.17) is 34.7 Å². The van der Waals surface area contributed by atoms with Crippen LogP contribution in [-0.4, -0.2) is 26.8 Å². The average molecular weight is 325 g/mol. The minimum absolute atomic E-state index is 0.104. The van der Waals surface area contributed by atoms with Crippen molar-refractivity contribution in [3.8, 4) is 0 Å². The van der Waals surface area contributed by atoms with E-state index < -0.39 is 11.8 Å². The first-order valence-corrected chi connectivity index (χ1v) is 6.29. The highest BCUT2D eigenvalue weighted by atomic mass is 35.5. The lowest BCUT2D eigenvalue weighted by Gasteiger charge is -2.11. The first kappa shape index (κ1) is 13.5. The molecule has 0 fully saturated rings. The van der Waals surface area contributed by atoms with Crippen LogP contribution in [0.3, 0.4) is 0 Å². The largest absolute Gasteiger partial charge is 0.368 e. The number of hydrogen-bond acceptors (Lipinski definition) is 7. The second kappa shape index (κ2) is 4.54. The zero-order valence-electron chi connectivity index (χ0n) is 10.2. The van der Waals surface area contributed by atoms with Crippen molar-refractivity contribution in [3.05, 3.63) is 33.3 Å². The molecule has 2 amide bonds. The van der Waals surface area contributed by atoms with Crippen molar-refractivity contribution in [3.63, 3.8) is 0 Å². The third-order valence-corrected chi connectivity index (χ3v) is 3.51. The number of imide groups is 1. The smallest absolute Gasteiger partial charge is 0.268 e. The van der Waals surface area contributed by atoms with Crippen LogP contribution in [0.25, 0.3) is 0 Å². The second-order valence-corrected chi connectivity index (χ2v) is 4.92. The normalized spacial score (nSPS) is 13.7. The molecule has 2 heterocycles. The Labute approximate surface area is 127 Å². The molecule has 3 rings (SSSR count). The molecule has 0 spiro atoms. The number of anilines is 3. The summed E-state index contributed by atoms with van der Waals surface area (Å²) in [5, 5.41) is 0.321. The van der Waals surface area contributed by atoms with E-state index in [-0.39, 0.29) is 39.0 Å². The van der Waals surface area contributed by atoms with E-state index in [2.05, 4.69) is 15.0 Å². The third kappa shape index (κ3) is 2.05. The molecule has 10 heteroatoms. The highest BCUT2D eigenvalue weighted by molar-refractivity contribution is 6.44. The van der Waals surface area contributed by atoms with E-state index in [1.54, 1.807) is 0 Å². The summed E-state index contributed by atoms with van der Waals surface area (Å²) in [6.45, 7) is 0. The van der Waals surface area contributed by atoms with Gasteiger partial charge in [-0.05, 0) is 12.1 Å². The summed E-state index contributed by atoms with van der Waals surface area (Å²) in [5.41, 5.74) is 11.1. The lowest BCUT2D eigenvalue weighted by molar-refractivity contribution is 0.0924. The van der Waals surface area contributed by atoms with E-state index in [1.165, 1.54) is 12.1 Å². The molecule has 1 aromatic heterocycles. The number of amides is 2. The van der Waals surface area contributed by atoms with Crippen LogP contribution in [0.2, 0.25) is 10.0 Å². The summed E-state index contributed by atoms with van der Waals surface area (Å²) in [5.74, 6) is -1.94. The Morgan fingerprint density at radius 2 is 1.29 bits per heavy atom. The van der Waals surface area contributed by atoms with Crippen LogP contribution in [0.15, 0.2) is 12.1 Å². The Kier molecular flexibility index (Phi) is 2.92. The Bertz CT molecular complexity index is 748. The predicted octanol–water partition coefficient (Wildman–Crippen LogP) is 1.14. The summed E-state index contributed by atoms with van der Waals surface area (Å²) < 4.78 is 0. The van der Waals surface area contributed by atoms with E-state index in [0.29, 0.717) is 0 Å². The fourth-order valence-electron chi connectivity index (χ4n) is 1.91. The van der Waals surface area contributed by atoms with Crippen molar-refractivity contribution >= 4 is 52.9 Å². The maximum Gasteiger partial charge on any atom is 0.268 e. The summed E-state index contributed by atoms with van der Waals surface area (Å²) in [4.78, 5) is 36.4. The van der Waals surface area contributed by atoms with Gasteiger partial charge in [0.15, 0.2) is 0 Å². The molecule has 1 aromatic carbocycles. The molecular formula is C11H6Cl2N6O2. The maximum absolute atomic E-state index is 12.3. The number of halogens is 2. The number of nitrogens with zero attached hydrogens (tertiary/aromatic N) is 4. The lowest BCUT2D eigenvalue weighted by atomic mass is 10.1. The SMILES string of the molecule is Nc1nc(N)nc(N2C(=O)c3cc(Cl)c(Cl)cc3C2=O)n1. The molecule has 4 N–H and O–H groups in total. The zero-order chi connectivity index (χ0) is 15.3. The number of carbonyl (C=O) groups is 2. The highest BCUT2D eigenvalue weighted by Crippen LogP contribution is 2.33. The Hall–Kier alpha value is -2.45. The Morgan fingerprint density at radius 3 is 1.71 bits per heavy atom. The number of benzene rings is 1. The summed E-state index contributed by atoms with van der Waals surface area (Å²) in [6, 6.07) is 2.63. The fourth-order valence-corrected chi connectivity index (χ4v) is 2.24. The van der Waals surface area contributed by atoms with Crippen molar-refractivity contribution in [2.45, 2.75) is 0 Å².